The number of aromatic nitrogens is 1. The van der Waals surface area contributed by atoms with E-state index in [2.05, 4.69) is 17.1 Å². The van der Waals surface area contributed by atoms with Crippen molar-refractivity contribution in [3.8, 4) is 0 Å². The number of hydrogen-bond donors (Lipinski definition) is 0. The first-order chi connectivity index (χ1) is 16.4. The zero-order chi connectivity index (χ0) is 24.2. The minimum absolute atomic E-state index is 0. The van der Waals surface area contributed by atoms with Gasteiger partial charge in [0, 0.05) is 22.7 Å². The van der Waals surface area contributed by atoms with Crippen molar-refractivity contribution in [3.63, 3.8) is 0 Å². The van der Waals surface area contributed by atoms with Crippen LogP contribution in [0.3, 0.4) is 0 Å². The van der Waals surface area contributed by atoms with Crippen LogP contribution in [0.1, 0.15) is 22.4 Å². The topological polar surface area (TPSA) is 93.2 Å². The molecule has 0 unspecified atom stereocenters. The van der Waals surface area contributed by atoms with E-state index in [0.717, 1.165) is 12.1 Å². The summed E-state index contributed by atoms with van der Waals surface area (Å²) < 4.78 is 23.7. The molecule has 0 N–H and O–H groups in total. The summed E-state index contributed by atoms with van der Waals surface area (Å²) in [6.07, 6.45) is 2.68. The molecule has 0 amide bonds. The van der Waals surface area contributed by atoms with Crippen molar-refractivity contribution in [2.24, 2.45) is 0 Å². The van der Waals surface area contributed by atoms with Crippen molar-refractivity contribution in [1.29, 1.82) is 0 Å². The Morgan fingerprint density at radius 3 is 1.71 bits per heavy atom. The summed E-state index contributed by atoms with van der Waals surface area (Å²) in [5.41, 5.74) is 2.77. The van der Waals surface area contributed by atoms with E-state index in [1.165, 1.54) is 29.8 Å². The van der Waals surface area contributed by atoms with E-state index >= 15 is 0 Å². The van der Waals surface area contributed by atoms with Gasteiger partial charge >= 0.3 is 22.4 Å². The molecule has 0 atom stereocenters. The van der Waals surface area contributed by atoms with Crippen molar-refractivity contribution < 1.29 is 41.0 Å². The van der Waals surface area contributed by atoms with Gasteiger partial charge in [0.2, 0.25) is 0 Å². The van der Waals surface area contributed by atoms with Crippen molar-refractivity contribution in [2.45, 2.75) is 6.42 Å². The number of sulfone groups is 1. The smallest absolute Gasteiger partial charge is 0.872 e. The Bertz CT molecular complexity index is 1230. The number of hydrogen-bond acceptors (Lipinski definition) is 5. The Hall–Kier alpha value is -3.42. The third-order valence-electron chi connectivity index (χ3n) is 4.53. The Morgan fingerprint density at radius 1 is 0.743 bits per heavy atom. The number of rotatable bonds is 6. The fourth-order valence-electron chi connectivity index (χ4n) is 2.91. The second-order valence-corrected chi connectivity index (χ2v) is 8.82. The second kappa shape index (κ2) is 14.1. The van der Waals surface area contributed by atoms with Crippen LogP contribution in [0, 0.1) is 6.07 Å². The van der Waals surface area contributed by atoms with Crippen LogP contribution in [-0.2, 0) is 38.6 Å². The summed E-state index contributed by atoms with van der Waals surface area (Å²) in [6.45, 7) is 0. The summed E-state index contributed by atoms with van der Waals surface area (Å²) in [5, 5.41) is 24.7. The van der Waals surface area contributed by atoms with Crippen molar-refractivity contribution >= 4 is 21.4 Å². The van der Waals surface area contributed by atoms with Gasteiger partial charge in [0.05, 0.1) is 0 Å². The number of pyridine rings is 1. The van der Waals surface area contributed by atoms with Crippen LogP contribution >= 0.6 is 0 Å². The average molecular weight is 666 g/mol. The van der Waals surface area contributed by atoms with Crippen molar-refractivity contribution in [3.05, 3.63) is 149 Å². The maximum atomic E-state index is 11.8. The SMILES string of the molecule is O=S(=O)(/C=C(\[O-])c1ccccc1)/C=C(\[O-])c1ccccc1.[Au+3].[c-]1ccccc1Cc1ccccn1. The number of benzene rings is 3. The molecule has 180 valence electrons. The standard InChI is InChI=1S/C16H14O4S.C12H10N.Au/c17-15(13-7-3-1-4-8-13)11-21(19,20)12-16(18)14-9-5-2-6-10-14;1-2-6-11(7-3-1)10-12-8-4-5-9-13-12;/h1-12,17-18H;1-6,8-9H,10H2;/q;-1;+3/p-2/b15-11-,16-12-;;. The van der Waals surface area contributed by atoms with Gasteiger partial charge in [0.15, 0.2) is 9.84 Å². The molecule has 0 fully saturated rings. The molecule has 1 aromatic heterocycles. The third-order valence-corrected chi connectivity index (χ3v) is 5.62. The molecule has 5 nitrogen and oxygen atoms in total. The zero-order valence-electron chi connectivity index (χ0n) is 18.5. The summed E-state index contributed by atoms with van der Waals surface area (Å²) >= 11 is 0. The van der Waals surface area contributed by atoms with E-state index in [0.29, 0.717) is 10.8 Å². The predicted octanol–water partition coefficient (Wildman–Crippen LogP) is 3.59. The van der Waals surface area contributed by atoms with Crippen LogP contribution in [0.5, 0.6) is 0 Å². The Balaban J connectivity index is 0.000000265. The van der Waals surface area contributed by atoms with Gasteiger partial charge in [-0.1, -0.05) is 78.2 Å². The van der Waals surface area contributed by atoms with Crippen molar-refractivity contribution in [2.75, 3.05) is 0 Å². The summed E-state index contributed by atoms with van der Waals surface area (Å²) in [7, 11) is -4.03. The molecule has 7 heteroatoms. The van der Waals surface area contributed by atoms with E-state index < -0.39 is 21.4 Å². The quantitative estimate of drug-likeness (QED) is 0.179. The van der Waals surface area contributed by atoms with Gasteiger partial charge in [0.1, 0.15) is 0 Å². The van der Waals surface area contributed by atoms with Crippen LogP contribution in [-0.4, -0.2) is 13.4 Å². The summed E-state index contributed by atoms with van der Waals surface area (Å²) in [4.78, 5) is 4.25. The van der Waals surface area contributed by atoms with Gasteiger partial charge in [-0.25, -0.2) is 8.42 Å². The van der Waals surface area contributed by atoms with E-state index in [9.17, 15) is 18.6 Å². The van der Waals surface area contributed by atoms with E-state index in [1.54, 1.807) is 36.4 Å². The first kappa shape index (κ1) is 27.8. The molecule has 0 aliphatic heterocycles. The Kier molecular flexibility index (Phi) is 11.2. The normalized spacial score (nSPS) is 11.5. The van der Waals surface area contributed by atoms with Gasteiger partial charge in [-0.05, 0) is 29.7 Å². The van der Waals surface area contributed by atoms with Crippen LogP contribution < -0.4 is 10.2 Å². The van der Waals surface area contributed by atoms with Crippen LogP contribution in [0.2, 0.25) is 0 Å². The Labute approximate surface area is 221 Å². The maximum Gasteiger partial charge on any atom is 3.00 e. The van der Waals surface area contributed by atoms with E-state index in [-0.39, 0.29) is 33.5 Å². The number of nitrogens with zero attached hydrogens (tertiary/aromatic N) is 1. The van der Waals surface area contributed by atoms with E-state index in [1.807, 2.05) is 42.6 Å². The molecule has 4 aromatic rings. The van der Waals surface area contributed by atoms with Crippen LogP contribution in [0.15, 0.2) is 120 Å². The van der Waals surface area contributed by atoms with Gasteiger partial charge in [0.25, 0.3) is 0 Å². The van der Waals surface area contributed by atoms with Gasteiger partial charge in [-0.3, -0.25) is 4.98 Å². The molecule has 0 aliphatic carbocycles. The van der Waals surface area contributed by atoms with Gasteiger partial charge in [-0.15, -0.1) is 0 Å². The molecular weight excluding hydrogens is 643 g/mol. The predicted molar refractivity (Wildman–Crippen MR) is 130 cm³/mol. The molecule has 0 bridgehead atoms. The fourth-order valence-corrected chi connectivity index (χ4v) is 3.85. The first-order valence-electron chi connectivity index (χ1n) is 10.4. The third kappa shape index (κ3) is 9.76. The molecule has 0 spiro atoms. The molecule has 1 heterocycles. The summed E-state index contributed by atoms with van der Waals surface area (Å²) in [5.74, 6) is -1.32. The molecule has 0 aliphatic rings. The molecular formula is C28H22AuNO4S. The fraction of sp³-hybridized carbons (Fsp3) is 0.0357. The van der Waals surface area contributed by atoms with Crippen LogP contribution in [0.25, 0.3) is 11.5 Å². The largest absolute Gasteiger partial charge is 3.00 e. The molecule has 0 saturated carbocycles. The van der Waals surface area contributed by atoms with Crippen LogP contribution in [0.4, 0.5) is 0 Å². The molecule has 3 aromatic carbocycles. The maximum absolute atomic E-state index is 11.8. The minimum atomic E-state index is -4.03. The van der Waals surface area contributed by atoms with Gasteiger partial charge in [-0.2, -0.15) is 35.9 Å². The molecule has 0 saturated heterocycles. The van der Waals surface area contributed by atoms with Gasteiger partial charge < -0.3 is 10.2 Å². The molecule has 0 radical (unpaired) electrons. The summed E-state index contributed by atoms with van der Waals surface area (Å²) in [6, 6.07) is 33.1. The first-order valence-corrected chi connectivity index (χ1v) is 12.0. The average Bonchev–Trinajstić information content (AvgIpc) is 2.86. The van der Waals surface area contributed by atoms with E-state index in [4.69, 9.17) is 0 Å². The second-order valence-electron chi connectivity index (χ2n) is 7.17. The zero-order valence-corrected chi connectivity index (χ0v) is 21.5. The monoisotopic (exact) mass is 665 g/mol. The van der Waals surface area contributed by atoms with Crippen molar-refractivity contribution in [1.82, 2.24) is 4.98 Å². The Morgan fingerprint density at radius 2 is 1.26 bits per heavy atom. The molecule has 4 rings (SSSR count). The molecule has 35 heavy (non-hydrogen) atoms. The minimum Gasteiger partial charge on any atom is -0.872 e.